The highest BCUT2D eigenvalue weighted by Gasteiger charge is 2.36. The first-order valence-corrected chi connectivity index (χ1v) is 12.3. The number of benzene rings is 3. The molecule has 1 saturated heterocycles. The predicted molar refractivity (Wildman–Crippen MR) is 141 cm³/mol. The zero-order chi connectivity index (χ0) is 25.7. The lowest BCUT2D eigenvalue weighted by molar-refractivity contribution is -0.122. The summed E-state index contributed by atoms with van der Waals surface area (Å²) in [7, 11) is 0. The van der Waals surface area contributed by atoms with E-state index in [2.05, 4.69) is 21.2 Å². The van der Waals surface area contributed by atoms with Gasteiger partial charge < -0.3 is 9.47 Å². The van der Waals surface area contributed by atoms with Gasteiger partial charge in [-0.25, -0.2) is 9.69 Å². The van der Waals surface area contributed by atoms with Gasteiger partial charge in [-0.1, -0.05) is 58.7 Å². The van der Waals surface area contributed by atoms with Crippen molar-refractivity contribution >= 4 is 57.1 Å². The molecule has 1 aliphatic heterocycles. The maximum absolute atomic E-state index is 13.1. The standard InChI is InChI=1S/C27H22BrClN2O5/c1-2-13-35-20-10-8-19(9-11-20)31-26(33)21(25(32)30-27(31)34)14-17-7-12-24(23(29)15-17)36-16-18-5-3-4-6-22(18)28/h3-12,14-15H,2,13,16H2,1H3,(H,30,32,34)/b21-14-. The average Bonchev–Trinajstić information content (AvgIpc) is 2.86. The summed E-state index contributed by atoms with van der Waals surface area (Å²) in [6.07, 6.45) is 2.24. The van der Waals surface area contributed by atoms with Gasteiger partial charge in [-0.2, -0.15) is 0 Å². The fourth-order valence-electron chi connectivity index (χ4n) is 3.46. The number of hydrogen-bond acceptors (Lipinski definition) is 5. The van der Waals surface area contributed by atoms with E-state index in [1.165, 1.54) is 6.08 Å². The molecule has 36 heavy (non-hydrogen) atoms. The van der Waals surface area contributed by atoms with Crippen LogP contribution in [0.15, 0.2) is 76.8 Å². The van der Waals surface area contributed by atoms with Gasteiger partial charge in [-0.15, -0.1) is 0 Å². The van der Waals surface area contributed by atoms with Crippen LogP contribution in [0.4, 0.5) is 10.5 Å². The Labute approximate surface area is 221 Å². The summed E-state index contributed by atoms with van der Waals surface area (Å²) in [5, 5.41) is 2.53. The maximum atomic E-state index is 13.1. The maximum Gasteiger partial charge on any atom is 0.335 e. The van der Waals surface area contributed by atoms with Gasteiger partial charge in [0.05, 0.1) is 17.3 Å². The highest BCUT2D eigenvalue weighted by atomic mass is 79.9. The Morgan fingerprint density at radius 1 is 1.00 bits per heavy atom. The Hall–Kier alpha value is -3.62. The van der Waals surface area contributed by atoms with Gasteiger partial charge in [-0.3, -0.25) is 14.9 Å². The summed E-state index contributed by atoms with van der Waals surface area (Å²) in [6, 6.07) is 18.3. The smallest absolute Gasteiger partial charge is 0.335 e. The molecule has 1 fully saturated rings. The molecule has 4 amide bonds. The Balaban J connectivity index is 1.53. The first-order chi connectivity index (χ1) is 17.4. The van der Waals surface area contributed by atoms with Crippen LogP contribution in [0.1, 0.15) is 24.5 Å². The van der Waals surface area contributed by atoms with Gasteiger partial charge in [0.2, 0.25) is 0 Å². The first kappa shape index (κ1) is 25.5. The summed E-state index contributed by atoms with van der Waals surface area (Å²) in [6.45, 7) is 2.86. The van der Waals surface area contributed by atoms with E-state index in [9.17, 15) is 14.4 Å². The van der Waals surface area contributed by atoms with Crippen molar-refractivity contribution in [3.63, 3.8) is 0 Å². The first-order valence-electron chi connectivity index (χ1n) is 11.2. The van der Waals surface area contributed by atoms with Crippen LogP contribution >= 0.6 is 27.5 Å². The molecular weight excluding hydrogens is 548 g/mol. The second kappa shape index (κ2) is 11.4. The van der Waals surface area contributed by atoms with Crippen molar-refractivity contribution in [2.24, 2.45) is 0 Å². The molecule has 4 rings (SSSR count). The lowest BCUT2D eigenvalue weighted by Crippen LogP contribution is -2.54. The number of barbiturate groups is 1. The van der Waals surface area contributed by atoms with E-state index >= 15 is 0 Å². The van der Waals surface area contributed by atoms with Crippen molar-refractivity contribution in [1.82, 2.24) is 5.32 Å². The van der Waals surface area contributed by atoms with Crippen LogP contribution in [-0.4, -0.2) is 24.5 Å². The lowest BCUT2D eigenvalue weighted by atomic mass is 10.1. The van der Waals surface area contributed by atoms with Crippen LogP contribution in [0, 0.1) is 0 Å². The predicted octanol–water partition coefficient (Wildman–Crippen LogP) is 6.14. The van der Waals surface area contributed by atoms with Crippen molar-refractivity contribution in [2.45, 2.75) is 20.0 Å². The van der Waals surface area contributed by atoms with E-state index in [0.717, 1.165) is 21.4 Å². The van der Waals surface area contributed by atoms with Crippen LogP contribution in [0.2, 0.25) is 5.02 Å². The molecule has 0 bridgehead atoms. The van der Waals surface area contributed by atoms with Gasteiger partial charge in [0.1, 0.15) is 23.7 Å². The molecule has 7 nitrogen and oxygen atoms in total. The number of amides is 4. The van der Waals surface area contributed by atoms with Crippen molar-refractivity contribution in [3.8, 4) is 11.5 Å². The molecule has 0 unspecified atom stereocenters. The number of imide groups is 2. The zero-order valence-electron chi connectivity index (χ0n) is 19.3. The minimum absolute atomic E-state index is 0.195. The van der Waals surface area contributed by atoms with Crippen molar-refractivity contribution in [2.75, 3.05) is 11.5 Å². The molecule has 9 heteroatoms. The SMILES string of the molecule is CCCOc1ccc(N2C(=O)NC(=O)/C(=C/c3ccc(OCc4ccccc4Br)c(Cl)c3)C2=O)cc1. The third kappa shape index (κ3) is 5.78. The summed E-state index contributed by atoms with van der Waals surface area (Å²) in [4.78, 5) is 39.0. The number of nitrogens with zero attached hydrogens (tertiary/aromatic N) is 1. The minimum atomic E-state index is -0.821. The molecule has 0 aromatic heterocycles. The monoisotopic (exact) mass is 568 g/mol. The summed E-state index contributed by atoms with van der Waals surface area (Å²) >= 11 is 9.88. The molecule has 0 radical (unpaired) electrons. The molecule has 0 saturated carbocycles. The zero-order valence-corrected chi connectivity index (χ0v) is 21.6. The van der Waals surface area contributed by atoms with E-state index in [-0.39, 0.29) is 5.57 Å². The Kier molecular flexibility index (Phi) is 8.07. The molecule has 0 spiro atoms. The Bertz CT molecular complexity index is 1340. The topological polar surface area (TPSA) is 84.9 Å². The van der Waals surface area contributed by atoms with Gasteiger partial charge >= 0.3 is 6.03 Å². The van der Waals surface area contributed by atoms with E-state index in [4.69, 9.17) is 21.1 Å². The average molecular weight is 570 g/mol. The number of hydrogen-bond donors (Lipinski definition) is 1. The molecule has 1 heterocycles. The third-order valence-electron chi connectivity index (χ3n) is 5.28. The van der Waals surface area contributed by atoms with Crippen LogP contribution in [0.25, 0.3) is 6.08 Å². The van der Waals surface area contributed by atoms with E-state index in [0.29, 0.717) is 41.0 Å². The molecule has 3 aromatic carbocycles. The fraction of sp³-hybridized carbons (Fsp3) is 0.148. The second-order valence-corrected chi connectivity index (χ2v) is 9.13. The van der Waals surface area contributed by atoms with Gasteiger partial charge in [0, 0.05) is 10.0 Å². The highest BCUT2D eigenvalue weighted by molar-refractivity contribution is 9.10. The molecule has 184 valence electrons. The number of halogens is 2. The number of urea groups is 1. The number of nitrogens with one attached hydrogen (secondary N) is 1. The fourth-order valence-corrected chi connectivity index (χ4v) is 4.11. The van der Waals surface area contributed by atoms with Crippen LogP contribution in [0.3, 0.4) is 0 Å². The lowest BCUT2D eigenvalue weighted by Gasteiger charge is -2.26. The van der Waals surface area contributed by atoms with E-state index in [1.54, 1.807) is 42.5 Å². The molecule has 1 aliphatic rings. The number of carbonyl (C=O) groups excluding carboxylic acids is 3. The largest absolute Gasteiger partial charge is 0.494 e. The molecule has 0 atom stereocenters. The van der Waals surface area contributed by atoms with Crippen LogP contribution < -0.4 is 19.7 Å². The van der Waals surface area contributed by atoms with Crippen molar-refractivity contribution < 1.29 is 23.9 Å². The van der Waals surface area contributed by atoms with E-state index < -0.39 is 17.8 Å². The summed E-state index contributed by atoms with van der Waals surface area (Å²) < 4.78 is 12.3. The third-order valence-corrected chi connectivity index (χ3v) is 6.35. The molecule has 3 aromatic rings. The summed E-state index contributed by atoms with van der Waals surface area (Å²) in [5.74, 6) is -0.448. The molecular formula is C27H22BrClN2O5. The highest BCUT2D eigenvalue weighted by Crippen LogP contribution is 2.29. The van der Waals surface area contributed by atoms with Crippen LogP contribution in [0.5, 0.6) is 11.5 Å². The van der Waals surface area contributed by atoms with E-state index in [1.807, 2.05) is 31.2 Å². The minimum Gasteiger partial charge on any atom is -0.494 e. The molecule has 1 N–H and O–H groups in total. The van der Waals surface area contributed by atoms with Gasteiger partial charge in [-0.05, 0) is 60.5 Å². The Morgan fingerprint density at radius 2 is 1.75 bits per heavy atom. The quantitative estimate of drug-likeness (QED) is 0.260. The van der Waals surface area contributed by atoms with Gasteiger partial charge in [0.25, 0.3) is 11.8 Å². The number of rotatable bonds is 8. The normalized spacial score (nSPS) is 14.7. The Morgan fingerprint density at radius 3 is 2.44 bits per heavy atom. The second-order valence-electron chi connectivity index (χ2n) is 7.87. The number of carbonyl (C=O) groups is 3. The van der Waals surface area contributed by atoms with Crippen molar-refractivity contribution in [3.05, 3.63) is 92.9 Å². The van der Waals surface area contributed by atoms with Crippen molar-refractivity contribution in [1.29, 1.82) is 0 Å². The molecule has 0 aliphatic carbocycles. The number of ether oxygens (including phenoxy) is 2. The number of anilines is 1. The van der Waals surface area contributed by atoms with Crippen LogP contribution in [-0.2, 0) is 16.2 Å². The summed E-state index contributed by atoms with van der Waals surface area (Å²) in [5.41, 5.74) is 1.58. The van der Waals surface area contributed by atoms with Gasteiger partial charge in [0.15, 0.2) is 0 Å².